The number of ether oxygens (including phenoxy) is 2. The molecule has 0 aliphatic heterocycles. The van der Waals surface area contributed by atoms with Crippen molar-refractivity contribution >= 4 is 16.6 Å². The molecule has 0 aliphatic carbocycles. The van der Waals surface area contributed by atoms with Gasteiger partial charge in [0, 0.05) is 18.1 Å². The van der Waals surface area contributed by atoms with Crippen LogP contribution in [0.2, 0.25) is 0 Å². The summed E-state index contributed by atoms with van der Waals surface area (Å²) in [6.45, 7) is 11.5. The summed E-state index contributed by atoms with van der Waals surface area (Å²) >= 11 is 0. The fraction of sp³-hybridized carbons (Fsp3) is 0.500. The maximum absolute atomic E-state index is 13.1. The smallest absolute Gasteiger partial charge is 0.297 e. The fourth-order valence-electron chi connectivity index (χ4n) is 3.53. The number of rotatable bonds is 11. The monoisotopic (exact) mass is 426 g/mol. The zero-order valence-electron chi connectivity index (χ0n) is 20.0. The van der Waals surface area contributed by atoms with Gasteiger partial charge in [-0.1, -0.05) is 37.5 Å². The molecule has 0 saturated heterocycles. The van der Waals surface area contributed by atoms with Gasteiger partial charge in [-0.25, -0.2) is 0 Å². The van der Waals surface area contributed by atoms with Gasteiger partial charge in [0.15, 0.2) is 5.75 Å². The molecule has 0 bridgehead atoms. The van der Waals surface area contributed by atoms with Gasteiger partial charge in [0.25, 0.3) is 5.56 Å². The number of fused-ring (bicyclic) bond motifs is 1. The van der Waals surface area contributed by atoms with E-state index < -0.39 is 0 Å². The van der Waals surface area contributed by atoms with Crippen LogP contribution >= 0.6 is 0 Å². The number of nitrogen functional groups attached to an aromatic ring is 1. The van der Waals surface area contributed by atoms with E-state index in [-0.39, 0.29) is 11.3 Å². The largest absolute Gasteiger partial charge is 0.485 e. The molecule has 5 nitrogen and oxygen atoms in total. The first-order chi connectivity index (χ1) is 14.7. The molecule has 0 spiro atoms. The summed E-state index contributed by atoms with van der Waals surface area (Å²) in [7, 11) is 1.74. The summed E-state index contributed by atoms with van der Waals surface area (Å²) in [6, 6.07) is 5.52. The number of anilines is 1. The van der Waals surface area contributed by atoms with Gasteiger partial charge >= 0.3 is 0 Å². The molecule has 0 aliphatic rings. The van der Waals surface area contributed by atoms with Gasteiger partial charge in [-0.2, -0.15) is 0 Å². The topological polar surface area (TPSA) is 66.5 Å². The number of aromatic nitrogens is 1. The number of hydrogen-bond donors (Lipinski definition) is 1. The second-order valence-corrected chi connectivity index (χ2v) is 8.69. The first kappa shape index (κ1) is 24.6. The van der Waals surface area contributed by atoms with E-state index in [1.54, 1.807) is 17.7 Å². The van der Waals surface area contributed by atoms with Crippen LogP contribution in [-0.4, -0.2) is 17.8 Å². The lowest BCUT2D eigenvalue weighted by Crippen LogP contribution is -2.23. The zero-order valence-corrected chi connectivity index (χ0v) is 20.0. The number of nitrogens with two attached hydrogens (primary N) is 1. The minimum absolute atomic E-state index is 0.207. The van der Waals surface area contributed by atoms with E-state index in [2.05, 4.69) is 46.8 Å². The van der Waals surface area contributed by atoms with Crippen LogP contribution in [0.25, 0.3) is 10.9 Å². The number of allylic oxidation sites excluding steroid dienone is 3. The third-order valence-electron chi connectivity index (χ3n) is 5.38. The Morgan fingerprint density at radius 2 is 1.90 bits per heavy atom. The van der Waals surface area contributed by atoms with Crippen LogP contribution in [0.15, 0.2) is 46.3 Å². The molecule has 0 radical (unpaired) electrons. The van der Waals surface area contributed by atoms with E-state index in [4.69, 9.17) is 15.2 Å². The summed E-state index contributed by atoms with van der Waals surface area (Å²) < 4.78 is 13.8. The summed E-state index contributed by atoms with van der Waals surface area (Å²) in [4.78, 5) is 13.1. The second kappa shape index (κ2) is 11.6. The number of pyridine rings is 1. The van der Waals surface area contributed by atoms with Crippen LogP contribution in [0.1, 0.15) is 60.3 Å². The molecule has 2 N–H and O–H groups in total. The minimum atomic E-state index is -0.207. The Balaban J connectivity index is 2.34. The van der Waals surface area contributed by atoms with Crippen LogP contribution in [0.5, 0.6) is 11.5 Å². The maximum Gasteiger partial charge on any atom is 0.297 e. The molecule has 1 aromatic heterocycles. The quantitative estimate of drug-likeness (QED) is 0.353. The predicted molar refractivity (Wildman–Crippen MR) is 131 cm³/mol. The number of aryl methyl sites for hydroxylation is 1. The molecule has 1 heterocycles. The van der Waals surface area contributed by atoms with E-state index in [1.165, 1.54) is 11.1 Å². The molecule has 5 heteroatoms. The van der Waals surface area contributed by atoms with Crippen molar-refractivity contribution in [2.75, 3.05) is 18.9 Å². The molecular formula is C26H38N2O3. The van der Waals surface area contributed by atoms with Crippen LogP contribution in [0, 0.1) is 5.92 Å². The van der Waals surface area contributed by atoms with E-state index >= 15 is 0 Å². The predicted octanol–water partition coefficient (Wildman–Crippen LogP) is 6.01. The van der Waals surface area contributed by atoms with Gasteiger partial charge in [0.05, 0.1) is 12.1 Å². The van der Waals surface area contributed by atoms with Crippen molar-refractivity contribution in [3.63, 3.8) is 0 Å². The molecule has 1 aromatic carbocycles. The Hall–Kier alpha value is -2.69. The SMILES string of the molecule is CCCC(C)COc1c(OC/C=C(\C)CCC=C(C)C)c2ccc(N)cc2n(C)c1=O. The Morgan fingerprint density at radius 1 is 1.16 bits per heavy atom. The van der Waals surface area contributed by atoms with E-state index in [1.807, 2.05) is 12.1 Å². The Kier molecular flexibility index (Phi) is 9.22. The first-order valence-corrected chi connectivity index (χ1v) is 11.2. The lowest BCUT2D eigenvalue weighted by Gasteiger charge is -2.18. The van der Waals surface area contributed by atoms with Gasteiger partial charge in [-0.3, -0.25) is 4.79 Å². The molecule has 2 rings (SSSR count). The molecule has 0 amide bonds. The standard InChI is InChI=1S/C26H38N2O3/c1-7-9-20(5)17-31-25-24(30-15-14-19(4)11-8-10-18(2)3)22-13-12-21(27)16-23(22)28(6)26(25)29/h10,12-14,16,20H,7-9,11,15,17,27H2,1-6H3/b19-14+. The normalized spacial score (nSPS) is 12.6. The summed E-state index contributed by atoms with van der Waals surface area (Å²) in [5.74, 6) is 1.13. The minimum Gasteiger partial charge on any atom is -0.485 e. The lowest BCUT2D eigenvalue weighted by atomic mass is 10.1. The van der Waals surface area contributed by atoms with Crippen LogP contribution in [0.4, 0.5) is 5.69 Å². The molecule has 1 atom stereocenters. The average molecular weight is 427 g/mol. The van der Waals surface area contributed by atoms with Gasteiger partial charge < -0.3 is 19.8 Å². The van der Waals surface area contributed by atoms with Gasteiger partial charge in [0.1, 0.15) is 6.61 Å². The zero-order chi connectivity index (χ0) is 23.0. The molecule has 31 heavy (non-hydrogen) atoms. The molecular weight excluding hydrogens is 388 g/mol. The van der Waals surface area contributed by atoms with Crippen LogP contribution in [-0.2, 0) is 7.05 Å². The summed E-state index contributed by atoms with van der Waals surface area (Å²) in [5.41, 5.74) is 9.69. The van der Waals surface area contributed by atoms with Crippen molar-refractivity contribution in [1.29, 1.82) is 0 Å². The molecule has 170 valence electrons. The van der Waals surface area contributed by atoms with Crippen molar-refractivity contribution in [1.82, 2.24) is 4.57 Å². The Bertz CT molecular complexity index is 998. The maximum atomic E-state index is 13.1. The molecule has 0 saturated carbocycles. The van der Waals surface area contributed by atoms with E-state index in [0.29, 0.717) is 30.6 Å². The van der Waals surface area contributed by atoms with Gasteiger partial charge in [-0.05, 0) is 70.2 Å². The van der Waals surface area contributed by atoms with Gasteiger partial charge in [0.2, 0.25) is 5.75 Å². The molecule has 1 unspecified atom stereocenters. The van der Waals surface area contributed by atoms with Crippen molar-refractivity contribution in [2.24, 2.45) is 13.0 Å². The second-order valence-electron chi connectivity index (χ2n) is 8.69. The van der Waals surface area contributed by atoms with Crippen molar-refractivity contribution in [3.05, 3.63) is 51.9 Å². The number of benzene rings is 1. The highest BCUT2D eigenvalue weighted by molar-refractivity contribution is 5.90. The van der Waals surface area contributed by atoms with Crippen molar-refractivity contribution in [2.45, 2.75) is 60.3 Å². The highest BCUT2D eigenvalue weighted by Crippen LogP contribution is 2.34. The third-order valence-corrected chi connectivity index (χ3v) is 5.38. The third kappa shape index (κ3) is 6.91. The number of hydrogen-bond acceptors (Lipinski definition) is 4. The van der Waals surface area contributed by atoms with Crippen molar-refractivity contribution in [3.8, 4) is 11.5 Å². The summed E-state index contributed by atoms with van der Waals surface area (Å²) in [5, 5.41) is 0.824. The molecule has 2 aromatic rings. The lowest BCUT2D eigenvalue weighted by molar-refractivity contribution is 0.233. The van der Waals surface area contributed by atoms with Crippen molar-refractivity contribution < 1.29 is 9.47 Å². The van der Waals surface area contributed by atoms with Crippen LogP contribution < -0.4 is 20.8 Å². The van der Waals surface area contributed by atoms with E-state index in [0.717, 1.165) is 36.6 Å². The molecule has 0 fully saturated rings. The van der Waals surface area contributed by atoms with Gasteiger partial charge in [-0.15, -0.1) is 0 Å². The Morgan fingerprint density at radius 3 is 2.58 bits per heavy atom. The summed E-state index contributed by atoms with van der Waals surface area (Å²) in [6.07, 6.45) is 8.44. The highest BCUT2D eigenvalue weighted by Gasteiger charge is 2.19. The highest BCUT2D eigenvalue weighted by atomic mass is 16.5. The first-order valence-electron chi connectivity index (χ1n) is 11.2. The fourth-order valence-corrected chi connectivity index (χ4v) is 3.53. The van der Waals surface area contributed by atoms with Crippen LogP contribution in [0.3, 0.4) is 0 Å². The Labute approximate surface area is 186 Å². The number of nitrogens with zero attached hydrogens (tertiary/aromatic N) is 1. The average Bonchev–Trinajstić information content (AvgIpc) is 2.71. The van der Waals surface area contributed by atoms with E-state index in [9.17, 15) is 4.79 Å².